The number of hydrogen-bond donors (Lipinski definition) is 1. The Balaban J connectivity index is 1.62. The second kappa shape index (κ2) is 4.27. The molecule has 0 saturated heterocycles. The van der Waals surface area contributed by atoms with Gasteiger partial charge in [-0.1, -0.05) is 0 Å². The topological polar surface area (TPSA) is 51.8 Å². The minimum absolute atomic E-state index is 0.0508. The molecule has 5 rings (SSSR count). The summed E-state index contributed by atoms with van der Waals surface area (Å²) in [7, 11) is 0. The van der Waals surface area contributed by atoms with E-state index in [1.165, 1.54) is 32.1 Å². The van der Waals surface area contributed by atoms with Crippen molar-refractivity contribution in [3.8, 4) is 0 Å². The zero-order chi connectivity index (χ0) is 13.0. The molecule has 4 bridgehead atoms. The van der Waals surface area contributed by atoms with Gasteiger partial charge in [-0.2, -0.15) is 0 Å². The van der Waals surface area contributed by atoms with Crippen molar-refractivity contribution in [3.05, 3.63) is 23.8 Å². The first-order valence-corrected chi connectivity index (χ1v) is 7.76. The lowest BCUT2D eigenvalue weighted by Crippen LogP contribution is -2.49. The minimum Gasteiger partial charge on any atom is -0.321 e. The maximum absolute atomic E-state index is 6.56. The molecule has 0 aromatic carbocycles. The molecule has 1 heterocycles. The average Bonchev–Trinajstić information content (AvgIpc) is 2.37. The molecule has 102 valence electrons. The van der Waals surface area contributed by atoms with E-state index < -0.39 is 0 Å². The van der Waals surface area contributed by atoms with Crippen LogP contribution in [0.2, 0.25) is 0 Å². The van der Waals surface area contributed by atoms with Crippen LogP contribution in [-0.2, 0) is 0 Å². The standard InChI is InChI=1S/C16H23N3/c1-9-2-3-18-16(19-9)15(17)14-12-5-10-4-11(7-12)8-13(14)6-10/h2-3,10-15H,4-8,17H2,1H3. The van der Waals surface area contributed by atoms with E-state index >= 15 is 0 Å². The molecule has 1 unspecified atom stereocenters. The number of aromatic nitrogens is 2. The van der Waals surface area contributed by atoms with Gasteiger partial charge in [0.05, 0.1) is 6.04 Å². The van der Waals surface area contributed by atoms with Crippen molar-refractivity contribution in [1.29, 1.82) is 0 Å². The molecular weight excluding hydrogens is 234 g/mol. The van der Waals surface area contributed by atoms with Gasteiger partial charge in [0.15, 0.2) is 0 Å². The third-order valence-electron chi connectivity index (χ3n) is 5.83. The monoisotopic (exact) mass is 257 g/mol. The normalized spacial score (nSPS) is 41.5. The van der Waals surface area contributed by atoms with E-state index in [-0.39, 0.29) is 6.04 Å². The van der Waals surface area contributed by atoms with Crippen LogP contribution in [0.25, 0.3) is 0 Å². The van der Waals surface area contributed by atoms with Gasteiger partial charge >= 0.3 is 0 Å². The van der Waals surface area contributed by atoms with Gasteiger partial charge in [-0.15, -0.1) is 0 Å². The van der Waals surface area contributed by atoms with Gasteiger partial charge < -0.3 is 5.73 Å². The zero-order valence-electron chi connectivity index (χ0n) is 11.6. The van der Waals surface area contributed by atoms with Crippen LogP contribution < -0.4 is 5.73 Å². The predicted octanol–water partition coefficient (Wildman–Crippen LogP) is 2.86. The number of hydrogen-bond acceptors (Lipinski definition) is 3. The summed E-state index contributed by atoms with van der Waals surface area (Å²) in [5.74, 6) is 5.20. The molecule has 4 aliphatic carbocycles. The highest BCUT2D eigenvalue weighted by molar-refractivity contribution is 5.09. The summed E-state index contributed by atoms with van der Waals surface area (Å²) in [6.45, 7) is 2.02. The van der Waals surface area contributed by atoms with Gasteiger partial charge in [0.1, 0.15) is 5.82 Å². The first-order valence-electron chi connectivity index (χ1n) is 7.76. The number of rotatable bonds is 2. The summed E-state index contributed by atoms with van der Waals surface area (Å²) in [6.07, 6.45) is 9.01. The Morgan fingerprint density at radius 1 is 1.11 bits per heavy atom. The Hall–Kier alpha value is -0.960. The molecule has 1 aromatic rings. The van der Waals surface area contributed by atoms with Crippen molar-refractivity contribution in [1.82, 2.24) is 9.97 Å². The zero-order valence-corrected chi connectivity index (χ0v) is 11.6. The smallest absolute Gasteiger partial charge is 0.145 e. The molecule has 0 amide bonds. The van der Waals surface area contributed by atoms with Crippen molar-refractivity contribution in [2.75, 3.05) is 0 Å². The van der Waals surface area contributed by atoms with E-state index in [2.05, 4.69) is 9.97 Å². The average molecular weight is 257 g/mol. The van der Waals surface area contributed by atoms with E-state index in [0.717, 1.165) is 35.2 Å². The third-order valence-corrected chi connectivity index (χ3v) is 5.83. The van der Waals surface area contributed by atoms with Gasteiger partial charge in [-0.3, -0.25) is 0 Å². The summed E-state index contributed by atoms with van der Waals surface area (Å²) >= 11 is 0. The molecular formula is C16H23N3. The maximum Gasteiger partial charge on any atom is 0.145 e. The highest BCUT2D eigenvalue weighted by atomic mass is 14.9. The van der Waals surface area contributed by atoms with Gasteiger partial charge in [0.2, 0.25) is 0 Å². The Morgan fingerprint density at radius 2 is 1.74 bits per heavy atom. The fourth-order valence-corrected chi connectivity index (χ4v) is 5.35. The molecule has 4 aliphatic rings. The Kier molecular flexibility index (Phi) is 2.66. The lowest BCUT2D eigenvalue weighted by atomic mass is 9.50. The van der Waals surface area contributed by atoms with Crippen molar-refractivity contribution < 1.29 is 0 Å². The molecule has 2 N–H and O–H groups in total. The quantitative estimate of drug-likeness (QED) is 0.886. The summed E-state index contributed by atoms with van der Waals surface area (Å²) < 4.78 is 0. The summed E-state index contributed by atoms with van der Waals surface area (Å²) in [6, 6.07) is 2.00. The molecule has 4 fully saturated rings. The number of nitrogens with two attached hydrogens (primary N) is 1. The Bertz CT molecular complexity index is 457. The van der Waals surface area contributed by atoms with Crippen molar-refractivity contribution in [3.63, 3.8) is 0 Å². The Labute approximate surface area is 115 Å². The van der Waals surface area contributed by atoms with Crippen LogP contribution in [0.15, 0.2) is 12.3 Å². The lowest BCUT2D eigenvalue weighted by molar-refractivity contribution is -0.0482. The van der Waals surface area contributed by atoms with Crippen molar-refractivity contribution in [2.45, 2.75) is 45.1 Å². The maximum atomic E-state index is 6.56. The first kappa shape index (κ1) is 11.8. The molecule has 0 radical (unpaired) electrons. The van der Waals surface area contributed by atoms with Gasteiger partial charge in [0, 0.05) is 11.9 Å². The first-order chi connectivity index (χ1) is 9.20. The van der Waals surface area contributed by atoms with Crippen LogP contribution in [-0.4, -0.2) is 9.97 Å². The highest BCUT2D eigenvalue weighted by Crippen LogP contribution is 2.58. The number of nitrogens with zero attached hydrogens (tertiary/aromatic N) is 2. The van der Waals surface area contributed by atoms with Crippen molar-refractivity contribution >= 4 is 0 Å². The SMILES string of the molecule is Cc1ccnc(C(N)C2C3CC4CC(C3)CC2C4)n1. The molecule has 19 heavy (non-hydrogen) atoms. The molecule has 4 saturated carbocycles. The van der Waals surface area contributed by atoms with Gasteiger partial charge in [-0.25, -0.2) is 9.97 Å². The molecule has 3 heteroatoms. The number of aryl methyl sites for hydroxylation is 1. The summed E-state index contributed by atoms with van der Waals surface area (Å²) in [5.41, 5.74) is 7.60. The largest absolute Gasteiger partial charge is 0.321 e. The van der Waals surface area contributed by atoms with E-state index in [4.69, 9.17) is 5.73 Å². The highest BCUT2D eigenvalue weighted by Gasteiger charge is 2.50. The van der Waals surface area contributed by atoms with Crippen LogP contribution in [0.4, 0.5) is 0 Å². The fourth-order valence-electron chi connectivity index (χ4n) is 5.35. The second-order valence-corrected chi connectivity index (χ2v) is 7.09. The molecule has 1 aromatic heterocycles. The lowest BCUT2D eigenvalue weighted by Gasteiger charge is -2.55. The van der Waals surface area contributed by atoms with E-state index in [1.54, 1.807) is 0 Å². The summed E-state index contributed by atoms with van der Waals surface area (Å²) in [5, 5.41) is 0. The van der Waals surface area contributed by atoms with E-state index in [1.807, 2.05) is 19.2 Å². The van der Waals surface area contributed by atoms with Gasteiger partial charge in [-0.05, 0) is 74.7 Å². The molecule has 3 nitrogen and oxygen atoms in total. The second-order valence-electron chi connectivity index (χ2n) is 7.09. The fraction of sp³-hybridized carbons (Fsp3) is 0.750. The van der Waals surface area contributed by atoms with Crippen LogP contribution >= 0.6 is 0 Å². The molecule has 0 spiro atoms. The van der Waals surface area contributed by atoms with Gasteiger partial charge in [0.25, 0.3) is 0 Å². The van der Waals surface area contributed by atoms with E-state index in [0.29, 0.717) is 5.92 Å². The van der Waals surface area contributed by atoms with Crippen LogP contribution in [0, 0.1) is 36.5 Å². The van der Waals surface area contributed by atoms with Crippen LogP contribution in [0.1, 0.15) is 49.7 Å². The van der Waals surface area contributed by atoms with Crippen molar-refractivity contribution in [2.24, 2.45) is 35.3 Å². The van der Waals surface area contributed by atoms with Crippen LogP contribution in [0.3, 0.4) is 0 Å². The molecule has 0 aliphatic heterocycles. The minimum atomic E-state index is 0.0508. The Morgan fingerprint density at radius 3 is 2.32 bits per heavy atom. The third kappa shape index (κ3) is 1.90. The van der Waals surface area contributed by atoms with Crippen LogP contribution in [0.5, 0.6) is 0 Å². The summed E-state index contributed by atoms with van der Waals surface area (Å²) in [4.78, 5) is 9.01. The molecule has 1 atom stereocenters. The predicted molar refractivity (Wildman–Crippen MR) is 74.2 cm³/mol. The van der Waals surface area contributed by atoms with E-state index in [9.17, 15) is 0 Å².